The zero-order valence-corrected chi connectivity index (χ0v) is 19.7. The summed E-state index contributed by atoms with van der Waals surface area (Å²) in [5.74, 6) is 0. The second-order valence-corrected chi connectivity index (χ2v) is 10.0. The minimum absolute atomic E-state index is 0.00975. The van der Waals surface area contributed by atoms with Gasteiger partial charge >= 0.3 is 0 Å². The summed E-state index contributed by atoms with van der Waals surface area (Å²) in [5.41, 5.74) is 5.59. The molecule has 2 aromatic carbocycles. The highest BCUT2D eigenvalue weighted by Gasteiger charge is 2.19. The van der Waals surface area contributed by atoms with E-state index in [4.69, 9.17) is 0 Å². The van der Waals surface area contributed by atoms with E-state index in [1.54, 1.807) is 0 Å². The number of benzene rings is 2. The average molecular weight is 403 g/mol. The summed E-state index contributed by atoms with van der Waals surface area (Å²) in [5, 5.41) is 19.3. The Balaban J connectivity index is 2.18. The molecular weight excluding hydrogens is 368 g/mol. The van der Waals surface area contributed by atoms with Crippen molar-refractivity contribution in [2.45, 2.75) is 52.4 Å². The van der Waals surface area contributed by atoms with Crippen molar-refractivity contribution in [3.8, 4) is 12.1 Å². The number of anilines is 2. The molecular formula is C26H34N4. The van der Waals surface area contributed by atoms with Crippen LogP contribution < -0.4 is 9.80 Å². The summed E-state index contributed by atoms with van der Waals surface area (Å²) in [6.45, 7) is 14.4. The molecule has 0 aliphatic rings. The largest absolute Gasteiger partial charge is 0.372 e. The summed E-state index contributed by atoms with van der Waals surface area (Å²) in [6, 6.07) is 17.0. The van der Waals surface area contributed by atoms with Crippen molar-refractivity contribution in [1.82, 2.24) is 0 Å². The van der Waals surface area contributed by atoms with Crippen molar-refractivity contribution in [3.63, 3.8) is 0 Å². The van der Waals surface area contributed by atoms with Crippen LogP contribution in [0.5, 0.6) is 0 Å². The van der Waals surface area contributed by atoms with Crippen LogP contribution in [-0.4, -0.2) is 27.2 Å². The molecule has 2 rings (SSSR count). The highest BCUT2D eigenvalue weighted by Crippen LogP contribution is 2.29. The first-order valence-electron chi connectivity index (χ1n) is 10.4. The maximum absolute atomic E-state index is 9.65. The van der Waals surface area contributed by atoms with Crippen LogP contribution in [0.15, 0.2) is 36.4 Å². The fourth-order valence-electron chi connectivity index (χ4n) is 3.39. The van der Waals surface area contributed by atoms with E-state index in [-0.39, 0.29) is 10.8 Å². The summed E-state index contributed by atoms with van der Waals surface area (Å²) >= 11 is 0. The topological polar surface area (TPSA) is 54.1 Å². The van der Waals surface area contributed by atoms with Crippen LogP contribution >= 0.6 is 0 Å². The van der Waals surface area contributed by atoms with Crippen LogP contribution in [-0.2, 0) is 10.8 Å². The first-order chi connectivity index (χ1) is 13.9. The Morgan fingerprint density at radius 1 is 0.667 bits per heavy atom. The van der Waals surface area contributed by atoms with Crippen LogP contribution in [0.2, 0.25) is 0 Å². The maximum Gasteiger partial charge on any atom is 0.101 e. The van der Waals surface area contributed by atoms with Gasteiger partial charge in [-0.25, -0.2) is 0 Å². The van der Waals surface area contributed by atoms with Crippen molar-refractivity contribution < 1.29 is 0 Å². The number of hydrogen-bond donors (Lipinski definition) is 0. The van der Waals surface area contributed by atoms with E-state index in [1.165, 1.54) is 0 Å². The molecule has 158 valence electrons. The monoisotopic (exact) mass is 402 g/mol. The van der Waals surface area contributed by atoms with Gasteiger partial charge in [-0.2, -0.15) is 10.5 Å². The minimum atomic E-state index is 0.00975. The predicted molar refractivity (Wildman–Crippen MR) is 126 cm³/mol. The molecule has 30 heavy (non-hydrogen) atoms. The Morgan fingerprint density at radius 2 is 1.00 bits per heavy atom. The summed E-state index contributed by atoms with van der Waals surface area (Å²) in [4.78, 5) is 4.22. The van der Waals surface area contributed by atoms with Crippen molar-refractivity contribution in [3.05, 3.63) is 58.7 Å². The van der Waals surface area contributed by atoms with E-state index in [9.17, 15) is 10.5 Å². The molecule has 0 aliphatic heterocycles. The molecule has 4 nitrogen and oxygen atoms in total. The first-order valence-corrected chi connectivity index (χ1v) is 10.4. The molecule has 0 saturated carbocycles. The van der Waals surface area contributed by atoms with E-state index in [0.717, 1.165) is 35.6 Å². The van der Waals surface area contributed by atoms with Gasteiger partial charge in [0.1, 0.15) is 12.1 Å². The van der Waals surface area contributed by atoms with Crippen molar-refractivity contribution in [2.75, 3.05) is 37.0 Å². The molecule has 0 radical (unpaired) electrons. The van der Waals surface area contributed by atoms with Crippen molar-refractivity contribution in [2.24, 2.45) is 0 Å². The summed E-state index contributed by atoms with van der Waals surface area (Å²) in [7, 11) is 4.02. The molecule has 0 unspecified atom stereocenters. The van der Waals surface area contributed by atoms with E-state index >= 15 is 0 Å². The zero-order chi connectivity index (χ0) is 22.7. The molecule has 0 saturated heterocycles. The van der Waals surface area contributed by atoms with Crippen molar-refractivity contribution >= 4 is 11.4 Å². The lowest BCUT2D eigenvalue weighted by atomic mass is 9.86. The van der Waals surface area contributed by atoms with Gasteiger partial charge in [-0.15, -0.1) is 0 Å². The van der Waals surface area contributed by atoms with Gasteiger partial charge in [0.05, 0.1) is 22.5 Å². The molecule has 0 fully saturated rings. The van der Waals surface area contributed by atoms with Gasteiger partial charge in [0.15, 0.2) is 0 Å². The Bertz CT molecular complexity index is 897. The molecule has 0 spiro atoms. The van der Waals surface area contributed by atoms with Crippen LogP contribution in [0, 0.1) is 22.7 Å². The van der Waals surface area contributed by atoms with E-state index < -0.39 is 0 Å². The Kier molecular flexibility index (Phi) is 6.84. The highest BCUT2D eigenvalue weighted by atomic mass is 15.2. The Morgan fingerprint density at radius 3 is 1.27 bits per heavy atom. The molecule has 2 aromatic rings. The van der Waals surface area contributed by atoms with Crippen molar-refractivity contribution in [1.29, 1.82) is 10.5 Å². The van der Waals surface area contributed by atoms with Gasteiger partial charge in [-0.3, -0.25) is 0 Å². The van der Waals surface area contributed by atoms with Gasteiger partial charge in [0.2, 0.25) is 0 Å². The lowest BCUT2D eigenvalue weighted by Crippen LogP contribution is -2.31. The van der Waals surface area contributed by atoms with Crippen LogP contribution in [0.25, 0.3) is 0 Å². The standard InChI is InChI=1S/C26H34N4/c1-25(2,3)21-9-11-23(19(15-21)17-27)29(7)13-14-30(8)24-12-10-22(26(4,5)6)16-20(24)18-28/h9-12,15-16H,13-14H2,1-8H3. The molecule has 0 heterocycles. The summed E-state index contributed by atoms with van der Waals surface area (Å²) < 4.78 is 0. The second-order valence-electron chi connectivity index (χ2n) is 10.0. The third kappa shape index (κ3) is 5.33. The van der Waals surface area contributed by atoms with E-state index in [2.05, 4.69) is 75.6 Å². The SMILES string of the molecule is CN(CCN(C)c1ccc(C(C)(C)C)cc1C#N)c1ccc(C(C)(C)C)cc1C#N. The number of hydrogen-bond acceptors (Lipinski definition) is 4. The lowest BCUT2D eigenvalue weighted by Gasteiger charge is -2.28. The quantitative estimate of drug-likeness (QED) is 0.653. The van der Waals surface area contributed by atoms with E-state index in [1.807, 2.05) is 38.4 Å². The maximum atomic E-state index is 9.65. The normalized spacial score (nSPS) is 11.5. The van der Waals surface area contributed by atoms with E-state index in [0.29, 0.717) is 11.1 Å². The van der Waals surface area contributed by atoms with Gasteiger partial charge in [0.25, 0.3) is 0 Å². The van der Waals surface area contributed by atoms with Gasteiger partial charge in [-0.1, -0.05) is 53.7 Å². The predicted octanol–water partition coefficient (Wildman–Crippen LogP) is 5.60. The first kappa shape index (κ1) is 23.3. The smallest absolute Gasteiger partial charge is 0.101 e. The molecule has 0 amide bonds. The third-order valence-corrected chi connectivity index (χ3v) is 5.56. The van der Waals surface area contributed by atoms with Gasteiger partial charge < -0.3 is 9.80 Å². The summed E-state index contributed by atoms with van der Waals surface area (Å²) in [6.07, 6.45) is 0. The third-order valence-electron chi connectivity index (χ3n) is 5.56. The molecule has 0 atom stereocenters. The lowest BCUT2D eigenvalue weighted by molar-refractivity contribution is 0.589. The van der Waals surface area contributed by atoms with Crippen LogP contribution in [0.3, 0.4) is 0 Å². The molecule has 0 N–H and O–H groups in total. The fraction of sp³-hybridized carbons (Fsp3) is 0.462. The van der Waals surface area contributed by atoms with Gasteiger partial charge in [-0.05, 0) is 46.2 Å². The fourth-order valence-corrected chi connectivity index (χ4v) is 3.39. The molecule has 0 bridgehead atoms. The van der Waals surface area contributed by atoms with Gasteiger partial charge in [0, 0.05) is 27.2 Å². The Hall–Kier alpha value is -2.98. The molecule has 4 heteroatoms. The Labute approximate surface area is 182 Å². The molecule has 0 aromatic heterocycles. The second kappa shape index (κ2) is 8.80. The number of nitrogens with zero attached hydrogens (tertiary/aromatic N) is 4. The average Bonchev–Trinajstić information content (AvgIpc) is 2.69. The number of rotatable bonds is 5. The highest BCUT2D eigenvalue weighted by molar-refractivity contribution is 5.62. The minimum Gasteiger partial charge on any atom is -0.372 e. The van der Waals surface area contributed by atoms with Crippen LogP contribution in [0.4, 0.5) is 11.4 Å². The zero-order valence-electron chi connectivity index (χ0n) is 19.7. The molecule has 0 aliphatic carbocycles. The number of likely N-dealkylation sites (N-methyl/N-ethyl adjacent to an activating group) is 2. The van der Waals surface area contributed by atoms with Crippen LogP contribution in [0.1, 0.15) is 63.8 Å². The number of nitriles is 2.